The quantitative estimate of drug-likeness (QED) is 0.268. The standard InChI is InChI=1S/C30H34ClFN4O5S/c1-5-6-9-27-33-30(12-7-8-13-30)29(37)36(27)17-20-14-25(32)23(16-24(20)31)22-11-10-21(40-4)15-26(22)42(38,39)35-28-18(2)19(3)41-34-28/h10-11,14-16H,5-9,12-13,17H2,1-4H3,(H,34,35). The molecule has 0 unspecified atom stereocenters. The Balaban J connectivity index is 1.50. The Bertz CT molecular complexity index is 1660. The van der Waals surface area contributed by atoms with E-state index in [-0.39, 0.29) is 45.1 Å². The highest BCUT2D eigenvalue weighted by Crippen LogP contribution is 2.41. The zero-order valence-corrected chi connectivity index (χ0v) is 25.7. The lowest BCUT2D eigenvalue weighted by molar-refractivity contribution is -0.131. The van der Waals surface area contributed by atoms with Gasteiger partial charge in [0.05, 0.1) is 18.6 Å². The molecule has 224 valence electrons. The van der Waals surface area contributed by atoms with E-state index in [1.807, 2.05) is 0 Å². The van der Waals surface area contributed by atoms with Crippen LogP contribution in [0.5, 0.6) is 5.75 Å². The van der Waals surface area contributed by atoms with Crippen molar-refractivity contribution in [3.8, 4) is 16.9 Å². The number of aryl methyl sites for hydroxylation is 1. The molecule has 1 fully saturated rings. The number of benzene rings is 2. The van der Waals surface area contributed by atoms with Gasteiger partial charge in [-0.25, -0.2) is 12.8 Å². The first kappa shape index (κ1) is 30.0. The van der Waals surface area contributed by atoms with Gasteiger partial charge in [0.25, 0.3) is 15.9 Å². The number of nitrogens with one attached hydrogen (secondary N) is 1. The van der Waals surface area contributed by atoms with Crippen molar-refractivity contribution < 1.29 is 26.9 Å². The number of amides is 1. The highest BCUT2D eigenvalue weighted by atomic mass is 35.5. The first-order chi connectivity index (χ1) is 20.0. The number of halogens is 2. The van der Waals surface area contributed by atoms with Crippen molar-refractivity contribution in [2.45, 2.75) is 82.7 Å². The Morgan fingerprint density at radius 1 is 1.17 bits per heavy atom. The first-order valence-corrected chi connectivity index (χ1v) is 15.9. The van der Waals surface area contributed by atoms with Crippen LogP contribution in [0.25, 0.3) is 11.1 Å². The summed E-state index contributed by atoms with van der Waals surface area (Å²) in [5, 5.41) is 3.99. The summed E-state index contributed by atoms with van der Waals surface area (Å²) in [7, 11) is -2.85. The lowest BCUT2D eigenvalue weighted by Crippen LogP contribution is -2.40. The van der Waals surface area contributed by atoms with Crippen molar-refractivity contribution in [2.24, 2.45) is 4.99 Å². The van der Waals surface area contributed by atoms with Gasteiger partial charge >= 0.3 is 0 Å². The molecule has 1 saturated carbocycles. The largest absolute Gasteiger partial charge is 0.497 e. The SMILES string of the molecule is CCCCC1=NC2(CCCC2)C(=O)N1Cc1cc(F)c(-c2ccc(OC)cc2S(=O)(=O)Nc2noc(C)c2C)cc1Cl. The number of aromatic nitrogens is 1. The molecule has 2 aliphatic rings. The van der Waals surface area contributed by atoms with Gasteiger partial charge in [-0.1, -0.05) is 42.9 Å². The second-order valence-electron chi connectivity index (χ2n) is 10.9. The number of unbranched alkanes of at least 4 members (excludes halogenated alkanes) is 1. The molecule has 1 aliphatic carbocycles. The second kappa shape index (κ2) is 11.7. The molecule has 9 nitrogen and oxygen atoms in total. The van der Waals surface area contributed by atoms with E-state index in [0.717, 1.165) is 44.4 Å². The zero-order chi connectivity index (χ0) is 30.2. The molecule has 1 spiro atoms. The summed E-state index contributed by atoms with van der Waals surface area (Å²) in [5.41, 5.74) is 0.294. The summed E-state index contributed by atoms with van der Waals surface area (Å²) in [6.07, 6.45) is 5.83. The normalized spacial score (nSPS) is 16.4. The minimum absolute atomic E-state index is 0.0141. The van der Waals surface area contributed by atoms with Gasteiger partial charge in [0.1, 0.15) is 28.7 Å². The van der Waals surface area contributed by atoms with Crippen LogP contribution in [0.3, 0.4) is 0 Å². The number of methoxy groups -OCH3 is 1. The number of aliphatic imine (C=N–C) groups is 1. The highest BCUT2D eigenvalue weighted by molar-refractivity contribution is 7.92. The number of anilines is 1. The van der Waals surface area contributed by atoms with E-state index in [4.69, 9.17) is 25.9 Å². The van der Waals surface area contributed by atoms with E-state index in [1.165, 1.54) is 31.4 Å². The Kier molecular flexibility index (Phi) is 8.35. The van der Waals surface area contributed by atoms with Gasteiger partial charge in [-0.3, -0.25) is 19.4 Å². The van der Waals surface area contributed by atoms with Gasteiger partial charge in [-0.05, 0) is 62.9 Å². The van der Waals surface area contributed by atoms with Crippen molar-refractivity contribution in [1.29, 1.82) is 0 Å². The molecule has 42 heavy (non-hydrogen) atoms. The predicted octanol–water partition coefficient (Wildman–Crippen LogP) is 6.80. The Labute approximate surface area is 250 Å². The maximum Gasteiger partial charge on any atom is 0.263 e. The molecular formula is C30H34ClFN4O5S. The number of nitrogens with zero attached hydrogens (tertiary/aromatic N) is 3. The minimum Gasteiger partial charge on any atom is -0.497 e. The topological polar surface area (TPSA) is 114 Å². The molecule has 5 rings (SSSR count). The van der Waals surface area contributed by atoms with Gasteiger partial charge in [0.15, 0.2) is 5.82 Å². The third-order valence-corrected chi connectivity index (χ3v) is 9.83. The minimum atomic E-state index is -4.26. The second-order valence-corrected chi connectivity index (χ2v) is 12.9. The monoisotopic (exact) mass is 616 g/mol. The molecule has 1 aliphatic heterocycles. The van der Waals surface area contributed by atoms with Crippen LogP contribution >= 0.6 is 11.6 Å². The van der Waals surface area contributed by atoms with Crippen molar-refractivity contribution in [2.75, 3.05) is 11.8 Å². The molecule has 3 aromatic rings. The van der Waals surface area contributed by atoms with Gasteiger partial charge < -0.3 is 9.26 Å². The lowest BCUT2D eigenvalue weighted by atomic mass is 9.98. The molecule has 0 saturated heterocycles. The highest BCUT2D eigenvalue weighted by Gasteiger charge is 2.49. The van der Waals surface area contributed by atoms with Gasteiger partial charge in [-0.15, -0.1) is 0 Å². The smallest absolute Gasteiger partial charge is 0.263 e. The summed E-state index contributed by atoms with van der Waals surface area (Å²) >= 11 is 6.70. The van der Waals surface area contributed by atoms with Crippen LogP contribution in [0.1, 0.15) is 68.8 Å². The van der Waals surface area contributed by atoms with Crippen LogP contribution in [0.15, 0.2) is 44.7 Å². The number of hydrogen-bond acceptors (Lipinski definition) is 7. The molecule has 0 radical (unpaired) electrons. The summed E-state index contributed by atoms with van der Waals surface area (Å²) in [6, 6.07) is 6.98. The number of hydrogen-bond donors (Lipinski definition) is 1. The average molecular weight is 617 g/mol. The number of ether oxygens (including phenoxy) is 1. The molecule has 0 bridgehead atoms. The van der Waals surface area contributed by atoms with Crippen molar-refractivity contribution in [3.63, 3.8) is 0 Å². The summed E-state index contributed by atoms with van der Waals surface area (Å²) in [5.74, 6) is 0.745. The fourth-order valence-electron chi connectivity index (χ4n) is 5.55. The molecule has 2 heterocycles. The molecule has 12 heteroatoms. The molecule has 1 N–H and O–H groups in total. The van der Waals surface area contributed by atoms with Crippen LogP contribution in [0, 0.1) is 19.7 Å². The first-order valence-electron chi connectivity index (χ1n) is 14.0. The maximum atomic E-state index is 15.9. The Morgan fingerprint density at radius 2 is 1.90 bits per heavy atom. The van der Waals surface area contributed by atoms with Gasteiger partial charge in [-0.2, -0.15) is 0 Å². The molecule has 1 amide bonds. The zero-order valence-electron chi connectivity index (χ0n) is 24.1. The number of amidine groups is 1. The van der Waals surface area contributed by atoms with E-state index >= 15 is 4.39 Å². The fraction of sp³-hybridized carbons (Fsp3) is 0.433. The number of carbonyl (C=O) groups is 1. The van der Waals surface area contributed by atoms with Crippen molar-refractivity contribution in [3.05, 3.63) is 58.1 Å². The molecule has 2 aromatic carbocycles. The Morgan fingerprint density at radius 3 is 2.55 bits per heavy atom. The third-order valence-electron chi connectivity index (χ3n) is 8.10. The maximum absolute atomic E-state index is 15.9. The van der Waals surface area contributed by atoms with Crippen molar-refractivity contribution in [1.82, 2.24) is 10.1 Å². The van der Waals surface area contributed by atoms with E-state index in [9.17, 15) is 13.2 Å². The molecule has 0 atom stereocenters. The van der Waals surface area contributed by atoms with E-state index < -0.39 is 21.4 Å². The Hall–Kier alpha value is -3.44. The van der Waals surface area contributed by atoms with Crippen LogP contribution in [-0.2, 0) is 21.4 Å². The fourth-order valence-corrected chi connectivity index (χ4v) is 7.07. The molecular weight excluding hydrogens is 583 g/mol. The van der Waals surface area contributed by atoms with Crippen molar-refractivity contribution >= 4 is 39.2 Å². The number of carbonyl (C=O) groups excluding carboxylic acids is 1. The number of rotatable bonds is 10. The lowest BCUT2D eigenvalue weighted by Gasteiger charge is -2.23. The van der Waals surface area contributed by atoms with Crippen LogP contribution in [0.4, 0.5) is 10.2 Å². The van der Waals surface area contributed by atoms with Gasteiger partial charge in [0, 0.05) is 34.2 Å². The van der Waals surface area contributed by atoms with E-state index in [2.05, 4.69) is 16.8 Å². The average Bonchev–Trinajstić information content (AvgIpc) is 3.64. The van der Waals surface area contributed by atoms with Gasteiger partial charge in [0.2, 0.25) is 0 Å². The van der Waals surface area contributed by atoms with Crippen LogP contribution < -0.4 is 9.46 Å². The number of sulfonamides is 1. The van der Waals surface area contributed by atoms with E-state index in [0.29, 0.717) is 23.3 Å². The van der Waals surface area contributed by atoms with E-state index in [1.54, 1.807) is 24.8 Å². The van der Waals surface area contributed by atoms with Crippen LogP contribution in [0.2, 0.25) is 5.02 Å². The summed E-state index contributed by atoms with van der Waals surface area (Å²) in [4.78, 5) is 19.9. The molecule has 1 aromatic heterocycles. The third kappa shape index (κ3) is 5.51. The summed E-state index contributed by atoms with van der Waals surface area (Å²) < 4.78 is 55.7. The predicted molar refractivity (Wildman–Crippen MR) is 159 cm³/mol. The summed E-state index contributed by atoms with van der Waals surface area (Å²) in [6.45, 7) is 5.50. The van der Waals surface area contributed by atoms with Crippen LogP contribution in [-0.4, -0.2) is 42.9 Å².